The van der Waals surface area contributed by atoms with Crippen molar-refractivity contribution in [2.75, 3.05) is 6.54 Å². The van der Waals surface area contributed by atoms with Gasteiger partial charge in [-0.1, -0.05) is 55.8 Å². The number of ether oxygens (including phenoxy) is 1. The Labute approximate surface area is 179 Å². The highest BCUT2D eigenvalue weighted by Crippen LogP contribution is 2.23. The molecule has 0 spiro atoms. The first-order chi connectivity index (χ1) is 14.9. The van der Waals surface area contributed by atoms with E-state index in [0.717, 1.165) is 16.3 Å². The number of aliphatic carboxylic acids is 1. The molecule has 0 aromatic heterocycles. The summed E-state index contributed by atoms with van der Waals surface area (Å²) in [7, 11) is 0. The number of nitrogens with one attached hydrogen (secondary N) is 3. The van der Waals surface area contributed by atoms with Crippen LogP contribution in [0.4, 0.5) is 0 Å². The van der Waals surface area contributed by atoms with Gasteiger partial charge in [0.1, 0.15) is 12.6 Å². The van der Waals surface area contributed by atoms with Gasteiger partial charge in [-0.15, -0.1) is 0 Å². The molecule has 4 N–H and O–H groups in total. The molecule has 0 saturated carbocycles. The van der Waals surface area contributed by atoms with E-state index in [1.54, 1.807) is 0 Å². The summed E-state index contributed by atoms with van der Waals surface area (Å²) in [5.41, 5.74) is 0.966. The second kappa shape index (κ2) is 10.0. The van der Waals surface area contributed by atoms with Crippen molar-refractivity contribution in [2.45, 2.75) is 44.6 Å². The van der Waals surface area contributed by atoms with E-state index in [4.69, 9.17) is 9.84 Å². The molecule has 1 heterocycles. The highest BCUT2D eigenvalue weighted by Gasteiger charge is 2.50. The lowest BCUT2D eigenvalue weighted by Gasteiger charge is -2.18. The fourth-order valence-corrected chi connectivity index (χ4v) is 3.34. The number of carbonyl (C=O) groups is 4. The third-order valence-electron chi connectivity index (χ3n) is 4.97. The van der Waals surface area contributed by atoms with Gasteiger partial charge in [-0.2, -0.15) is 0 Å². The van der Waals surface area contributed by atoms with Crippen LogP contribution in [0.2, 0.25) is 0 Å². The van der Waals surface area contributed by atoms with Crippen LogP contribution in [0.5, 0.6) is 0 Å². The van der Waals surface area contributed by atoms with E-state index in [0.29, 0.717) is 19.4 Å². The molecule has 9 heteroatoms. The number of hydrogen-bond acceptors (Lipinski definition) is 5. The molecule has 0 unspecified atom stereocenters. The zero-order chi connectivity index (χ0) is 22.4. The minimum Gasteiger partial charge on any atom is -0.480 e. The van der Waals surface area contributed by atoms with Crippen LogP contribution in [-0.2, 0) is 30.5 Å². The number of rotatable bonds is 10. The number of epoxide rings is 1. The van der Waals surface area contributed by atoms with Gasteiger partial charge in [0.15, 0.2) is 12.2 Å². The van der Waals surface area contributed by atoms with Crippen LogP contribution in [0.15, 0.2) is 42.5 Å². The lowest BCUT2D eigenvalue weighted by atomic mass is 10.0. The van der Waals surface area contributed by atoms with Crippen molar-refractivity contribution >= 4 is 34.5 Å². The smallest absolute Gasteiger partial charge is 0.322 e. The monoisotopic (exact) mass is 427 g/mol. The number of carbonyl (C=O) groups excluding carboxylic acids is 3. The van der Waals surface area contributed by atoms with Crippen LogP contribution in [0.1, 0.15) is 25.3 Å². The van der Waals surface area contributed by atoms with E-state index in [1.165, 1.54) is 0 Å². The minimum absolute atomic E-state index is 0.316. The van der Waals surface area contributed by atoms with Crippen molar-refractivity contribution in [2.24, 2.45) is 0 Å². The van der Waals surface area contributed by atoms with Gasteiger partial charge in [-0.05, 0) is 22.8 Å². The average Bonchev–Trinajstić information content (AvgIpc) is 3.56. The van der Waals surface area contributed by atoms with Crippen LogP contribution >= 0.6 is 0 Å². The summed E-state index contributed by atoms with van der Waals surface area (Å²) in [6.07, 6.45) is -0.976. The molecule has 0 radical (unpaired) electrons. The Morgan fingerprint density at radius 3 is 2.45 bits per heavy atom. The van der Waals surface area contributed by atoms with Gasteiger partial charge in [-0.25, -0.2) is 0 Å². The Morgan fingerprint density at radius 1 is 1.00 bits per heavy atom. The molecule has 9 nitrogen and oxygen atoms in total. The highest BCUT2D eigenvalue weighted by molar-refractivity contribution is 5.97. The molecule has 1 aliphatic rings. The highest BCUT2D eigenvalue weighted by atomic mass is 16.6. The third-order valence-corrected chi connectivity index (χ3v) is 4.97. The summed E-state index contributed by atoms with van der Waals surface area (Å²) in [5, 5.41) is 18.4. The maximum absolute atomic E-state index is 12.7. The summed E-state index contributed by atoms with van der Waals surface area (Å²) >= 11 is 0. The topological polar surface area (TPSA) is 137 Å². The maximum Gasteiger partial charge on any atom is 0.322 e. The molecule has 164 valence electrons. The van der Waals surface area contributed by atoms with Crippen LogP contribution < -0.4 is 16.0 Å². The van der Waals surface area contributed by atoms with E-state index < -0.39 is 42.6 Å². The van der Waals surface area contributed by atoms with Gasteiger partial charge in [-0.3, -0.25) is 19.2 Å². The van der Waals surface area contributed by atoms with E-state index in [9.17, 15) is 19.2 Å². The Balaban J connectivity index is 1.55. The molecular weight excluding hydrogens is 402 g/mol. The standard InChI is InChI=1S/C22H25N3O6/c1-2-6-16(25-22(30)19-18(31-19)21(29)24-12-17(26)27)20(28)23-11-14-9-5-8-13-7-3-4-10-15(13)14/h3-5,7-10,16,18-19H,2,6,11-12H2,1H3,(H,23,28)(H,24,29)(H,25,30)(H,26,27)/t16-,18+,19+/m0/s1. The second-order valence-electron chi connectivity index (χ2n) is 7.29. The molecule has 1 aliphatic heterocycles. The molecule has 3 amide bonds. The summed E-state index contributed by atoms with van der Waals surface area (Å²) in [5.74, 6) is -2.76. The van der Waals surface area contributed by atoms with E-state index >= 15 is 0 Å². The Hall–Kier alpha value is -3.46. The number of carboxylic acid groups (broad SMARTS) is 1. The predicted octanol–water partition coefficient (Wildman–Crippen LogP) is 0.709. The summed E-state index contributed by atoms with van der Waals surface area (Å²) in [4.78, 5) is 47.4. The third kappa shape index (κ3) is 5.79. The molecule has 1 saturated heterocycles. The number of amides is 3. The fourth-order valence-electron chi connectivity index (χ4n) is 3.34. The van der Waals surface area contributed by atoms with Crippen molar-refractivity contribution in [1.82, 2.24) is 16.0 Å². The number of benzene rings is 2. The number of carboxylic acids is 1. The van der Waals surface area contributed by atoms with Crippen molar-refractivity contribution < 1.29 is 29.0 Å². The van der Waals surface area contributed by atoms with Crippen molar-refractivity contribution in [1.29, 1.82) is 0 Å². The number of hydrogen-bond donors (Lipinski definition) is 4. The second-order valence-corrected chi connectivity index (χ2v) is 7.29. The molecule has 2 aromatic rings. The SMILES string of the molecule is CCC[C@H](NC(=O)[C@@H]1O[C@H]1C(=O)NCC(=O)O)C(=O)NCc1cccc2ccccc12. The first-order valence-electron chi connectivity index (χ1n) is 10.1. The normalized spacial score (nSPS) is 18.1. The Kier molecular flexibility index (Phi) is 7.19. The molecule has 0 bridgehead atoms. The van der Waals surface area contributed by atoms with Gasteiger partial charge in [0.05, 0.1) is 0 Å². The van der Waals surface area contributed by atoms with Gasteiger partial charge in [0, 0.05) is 6.54 Å². The lowest BCUT2D eigenvalue weighted by molar-refractivity contribution is -0.138. The first-order valence-corrected chi connectivity index (χ1v) is 10.1. The summed E-state index contributed by atoms with van der Waals surface area (Å²) in [6.45, 7) is 1.66. The lowest BCUT2D eigenvalue weighted by Crippen LogP contribution is -2.48. The van der Waals surface area contributed by atoms with E-state index in [2.05, 4.69) is 16.0 Å². The molecule has 3 rings (SSSR count). The summed E-state index contributed by atoms with van der Waals surface area (Å²) in [6, 6.07) is 13.0. The van der Waals surface area contributed by atoms with Crippen molar-refractivity contribution in [3.05, 3.63) is 48.0 Å². The van der Waals surface area contributed by atoms with Gasteiger partial charge >= 0.3 is 5.97 Å². The van der Waals surface area contributed by atoms with Gasteiger partial charge < -0.3 is 25.8 Å². The quantitative estimate of drug-likeness (QED) is 0.412. The molecule has 0 aliphatic carbocycles. The predicted molar refractivity (Wildman–Crippen MR) is 112 cm³/mol. The van der Waals surface area contributed by atoms with Crippen LogP contribution in [0.25, 0.3) is 10.8 Å². The van der Waals surface area contributed by atoms with Crippen molar-refractivity contribution in [3.63, 3.8) is 0 Å². The Morgan fingerprint density at radius 2 is 1.71 bits per heavy atom. The zero-order valence-corrected chi connectivity index (χ0v) is 17.1. The molecule has 31 heavy (non-hydrogen) atoms. The van der Waals surface area contributed by atoms with Crippen LogP contribution in [0, 0.1) is 0 Å². The Bertz CT molecular complexity index is 987. The number of fused-ring (bicyclic) bond motifs is 1. The zero-order valence-electron chi connectivity index (χ0n) is 17.1. The summed E-state index contributed by atoms with van der Waals surface area (Å²) < 4.78 is 5.06. The molecule has 3 atom stereocenters. The van der Waals surface area contributed by atoms with Crippen molar-refractivity contribution in [3.8, 4) is 0 Å². The fraction of sp³-hybridized carbons (Fsp3) is 0.364. The largest absolute Gasteiger partial charge is 0.480 e. The molecule has 2 aromatic carbocycles. The van der Waals surface area contributed by atoms with E-state index in [-0.39, 0.29) is 5.91 Å². The minimum atomic E-state index is -1.19. The van der Waals surface area contributed by atoms with Crippen LogP contribution in [0.3, 0.4) is 0 Å². The van der Waals surface area contributed by atoms with Gasteiger partial charge in [0.25, 0.3) is 11.8 Å². The molecule has 1 fully saturated rings. The van der Waals surface area contributed by atoms with Crippen LogP contribution in [-0.4, -0.2) is 53.6 Å². The molecular formula is C22H25N3O6. The van der Waals surface area contributed by atoms with E-state index in [1.807, 2.05) is 49.4 Å². The average molecular weight is 427 g/mol. The first kappa shape index (κ1) is 22.2. The maximum atomic E-state index is 12.7. The van der Waals surface area contributed by atoms with Gasteiger partial charge in [0.2, 0.25) is 5.91 Å².